The van der Waals surface area contributed by atoms with Gasteiger partial charge in [-0.3, -0.25) is 4.72 Å². The molecule has 0 spiro atoms. The van der Waals surface area contributed by atoms with Crippen LogP contribution in [0.1, 0.15) is 31.7 Å². The predicted octanol–water partition coefficient (Wildman–Crippen LogP) is 4.02. The molecule has 6 heteroatoms. The van der Waals surface area contributed by atoms with E-state index in [1.165, 1.54) is 25.8 Å². The summed E-state index contributed by atoms with van der Waals surface area (Å²) in [4.78, 5) is 0.0374. The summed E-state index contributed by atoms with van der Waals surface area (Å²) in [6, 6.07) is 12.1. The molecule has 1 N–H and O–H groups in total. The van der Waals surface area contributed by atoms with Gasteiger partial charge >= 0.3 is 0 Å². The first kappa shape index (κ1) is 18.1. The van der Waals surface area contributed by atoms with E-state index in [1.807, 2.05) is 12.1 Å². The molecule has 0 saturated carbocycles. The van der Waals surface area contributed by atoms with E-state index in [2.05, 4.69) is 18.6 Å². The lowest BCUT2D eigenvalue weighted by atomic mass is 9.99. The van der Waals surface area contributed by atoms with E-state index in [-0.39, 0.29) is 10.6 Å². The van der Waals surface area contributed by atoms with Crippen molar-refractivity contribution in [2.45, 2.75) is 31.1 Å². The summed E-state index contributed by atoms with van der Waals surface area (Å²) >= 11 is 0. The molecule has 0 aromatic heterocycles. The van der Waals surface area contributed by atoms with Gasteiger partial charge in [0, 0.05) is 11.8 Å². The Morgan fingerprint density at radius 3 is 2.25 bits per heavy atom. The van der Waals surface area contributed by atoms with Crippen LogP contribution in [0, 0.1) is 0 Å². The third-order valence-corrected chi connectivity index (χ3v) is 5.41. The average molecular weight is 349 g/mol. The second kappa shape index (κ2) is 7.57. The Kier molecular flexibility index (Phi) is 5.72. The smallest absolute Gasteiger partial charge is 0.265 e. The van der Waals surface area contributed by atoms with Gasteiger partial charge < -0.3 is 9.47 Å². The van der Waals surface area contributed by atoms with Crippen LogP contribution in [0.3, 0.4) is 0 Å². The monoisotopic (exact) mass is 349 g/mol. The van der Waals surface area contributed by atoms with Gasteiger partial charge in [-0.05, 0) is 42.2 Å². The highest BCUT2D eigenvalue weighted by Gasteiger charge is 2.20. The van der Waals surface area contributed by atoms with E-state index in [9.17, 15) is 8.42 Å². The van der Waals surface area contributed by atoms with Crippen LogP contribution in [0.15, 0.2) is 47.4 Å². The number of hydrogen-bond acceptors (Lipinski definition) is 4. The van der Waals surface area contributed by atoms with Gasteiger partial charge in [0.1, 0.15) is 16.4 Å². The van der Waals surface area contributed by atoms with Crippen molar-refractivity contribution in [2.24, 2.45) is 0 Å². The summed E-state index contributed by atoms with van der Waals surface area (Å²) < 4.78 is 38.2. The third kappa shape index (κ3) is 4.00. The number of benzene rings is 2. The molecule has 0 amide bonds. The first-order chi connectivity index (χ1) is 11.4. The normalized spacial score (nSPS) is 12.5. The molecule has 0 saturated heterocycles. The van der Waals surface area contributed by atoms with Crippen LogP contribution in [0.4, 0.5) is 5.69 Å². The molecule has 2 aromatic rings. The largest absolute Gasteiger partial charge is 0.497 e. The Labute approximate surface area is 143 Å². The van der Waals surface area contributed by atoms with E-state index in [4.69, 9.17) is 9.47 Å². The minimum atomic E-state index is -3.78. The zero-order valence-electron chi connectivity index (χ0n) is 14.4. The molecule has 5 nitrogen and oxygen atoms in total. The van der Waals surface area contributed by atoms with Crippen LogP contribution in [-0.4, -0.2) is 22.6 Å². The van der Waals surface area contributed by atoms with Crippen molar-refractivity contribution in [2.75, 3.05) is 18.9 Å². The van der Waals surface area contributed by atoms with Gasteiger partial charge in [0.25, 0.3) is 10.0 Å². The van der Waals surface area contributed by atoms with Crippen LogP contribution >= 0.6 is 0 Å². The highest BCUT2D eigenvalue weighted by atomic mass is 32.2. The highest BCUT2D eigenvalue weighted by Crippen LogP contribution is 2.30. The summed E-state index contributed by atoms with van der Waals surface area (Å²) in [5.74, 6) is 1.15. The Hall–Kier alpha value is -2.21. The molecule has 0 bridgehead atoms. The molecule has 2 rings (SSSR count). The first-order valence-corrected chi connectivity index (χ1v) is 9.24. The zero-order chi connectivity index (χ0) is 17.7. The predicted molar refractivity (Wildman–Crippen MR) is 95.5 cm³/mol. The van der Waals surface area contributed by atoms with Crippen LogP contribution in [0.5, 0.6) is 11.5 Å². The highest BCUT2D eigenvalue weighted by molar-refractivity contribution is 7.92. The van der Waals surface area contributed by atoms with Crippen molar-refractivity contribution in [3.05, 3.63) is 48.0 Å². The van der Waals surface area contributed by atoms with Gasteiger partial charge in [-0.2, -0.15) is 0 Å². The third-order valence-electron chi connectivity index (χ3n) is 4.00. The van der Waals surface area contributed by atoms with Crippen molar-refractivity contribution in [3.63, 3.8) is 0 Å². The molecule has 0 radical (unpaired) electrons. The fourth-order valence-electron chi connectivity index (χ4n) is 2.32. The van der Waals surface area contributed by atoms with Crippen LogP contribution in [0.2, 0.25) is 0 Å². The Morgan fingerprint density at radius 2 is 1.71 bits per heavy atom. The Balaban J connectivity index is 2.31. The molecule has 24 heavy (non-hydrogen) atoms. The summed E-state index contributed by atoms with van der Waals surface area (Å²) in [6.07, 6.45) is 1.03. The maximum Gasteiger partial charge on any atom is 0.265 e. The number of sulfonamides is 1. The topological polar surface area (TPSA) is 64.6 Å². The summed E-state index contributed by atoms with van der Waals surface area (Å²) in [5, 5.41) is 0. The van der Waals surface area contributed by atoms with Crippen molar-refractivity contribution in [1.82, 2.24) is 0 Å². The number of rotatable bonds is 7. The maximum atomic E-state index is 12.7. The van der Waals surface area contributed by atoms with E-state index in [1.54, 1.807) is 24.3 Å². The average Bonchev–Trinajstić information content (AvgIpc) is 2.60. The molecular formula is C18H23NO4S. The number of anilines is 1. The van der Waals surface area contributed by atoms with Gasteiger partial charge in [0.05, 0.1) is 14.2 Å². The standard InChI is InChI=1S/C18H23NO4S/c1-5-13(2)14-6-8-15(9-7-14)19-24(20,21)18-12-16(22-3)10-11-17(18)23-4/h6-13,19H,5H2,1-4H3/t13-/m1/s1. The van der Waals surface area contributed by atoms with Crippen molar-refractivity contribution >= 4 is 15.7 Å². The zero-order valence-corrected chi connectivity index (χ0v) is 15.2. The van der Waals surface area contributed by atoms with E-state index >= 15 is 0 Å². The van der Waals surface area contributed by atoms with Crippen LogP contribution < -0.4 is 14.2 Å². The lowest BCUT2D eigenvalue weighted by Gasteiger charge is -2.14. The molecule has 2 aromatic carbocycles. The fraction of sp³-hybridized carbons (Fsp3) is 0.333. The van der Waals surface area contributed by atoms with Crippen molar-refractivity contribution in [1.29, 1.82) is 0 Å². The van der Waals surface area contributed by atoms with Crippen LogP contribution in [-0.2, 0) is 10.0 Å². The number of methoxy groups -OCH3 is 2. The van der Waals surface area contributed by atoms with Crippen LogP contribution in [0.25, 0.3) is 0 Å². The lowest BCUT2D eigenvalue weighted by Crippen LogP contribution is -2.14. The quantitative estimate of drug-likeness (QED) is 0.820. The molecule has 0 fully saturated rings. The molecular weight excluding hydrogens is 326 g/mol. The molecule has 0 aliphatic rings. The lowest BCUT2D eigenvalue weighted by molar-refractivity contribution is 0.392. The second-order valence-corrected chi connectivity index (χ2v) is 7.20. The summed E-state index contributed by atoms with van der Waals surface area (Å²) in [5.41, 5.74) is 1.69. The number of nitrogens with one attached hydrogen (secondary N) is 1. The van der Waals surface area contributed by atoms with E-state index in [0.717, 1.165) is 6.42 Å². The fourth-order valence-corrected chi connectivity index (χ4v) is 3.56. The Bertz CT molecular complexity index is 785. The first-order valence-electron chi connectivity index (χ1n) is 7.76. The molecule has 1 atom stereocenters. The van der Waals surface area contributed by atoms with Gasteiger partial charge in [-0.1, -0.05) is 26.0 Å². The number of ether oxygens (including phenoxy) is 2. The van der Waals surface area contributed by atoms with Gasteiger partial charge in [-0.15, -0.1) is 0 Å². The molecule has 0 aliphatic heterocycles. The molecule has 130 valence electrons. The molecule has 0 heterocycles. The van der Waals surface area contributed by atoms with Gasteiger partial charge in [0.2, 0.25) is 0 Å². The SMILES string of the molecule is CC[C@@H](C)c1ccc(NS(=O)(=O)c2cc(OC)ccc2OC)cc1. The summed E-state index contributed by atoms with van der Waals surface area (Å²) in [6.45, 7) is 4.26. The van der Waals surface area contributed by atoms with E-state index in [0.29, 0.717) is 17.4 Å². The minimum absolute atomic E-state index is 0.0374. The number of hydrogen-bond donors (Lipinski definition) is 1. The van der Waals surface area contributed by atoms with Crippen molar-refractivity contribution in [3.8, 4) is 11.5 Å². The second-order valence-electron chi connectivity index (χ2n) is 5.55. The Morgan fingerprint density at radius 1 is 1.04 bits per heavy atom. The van der Waals surface area contributed by atoms with Crippen molar-refractivity contribution < 1.29 is 17.9 Å². The molecule has 0 aliphatic carbocycles. The maximum absolute atomic E-state index is 12.7. The van der Waals surface area contributed by atoms with E-state index < -0.39 is 10.0 Å². The summed E-state index contributed by atoms with van der Waals surface area (Å²) in [7, 11) is -0.865. The van der Waals surface area contributed by atoms with Gasteiger partial charge in [0.15, 0.2) is 0 Å². The van der Waals surface area contributed by atoms with Gasteiger partial charge in [-0.25, -0.2) is 8.42 Å². The molecule has 0 unspecified atom stereocenters. The minimum Gasteiger partial charge on any atom is -0.497 e.